The minimum Gasteiger partial charge on any atom is -0.493 e. The van der Waals surface area contributed by atoms with Crippen LogP contribution in [0.5, 0.6) is 11.5 Å². The summed E-state index contributed by atoms with van der Waals surface area (Å²) in [5.74, 6) is -0.255. The van der Waals surface area contributed by atoms with Crippen LogP contribution in [0.2, 0.25) is 0 Å². The zero-order chi connectivity index (χ0) is 23.0. The fraction of sp³-hybridized carbons (Fsp3) is 0.522. The van der Waals surface area contributed by atoms with Crippen LogP contribution in [0.4, 0.5) is 0 Å². The zero-order valence-corrected chi connectivity index (χ0v) is 20.2. The second-order valence-electron chi connectivity index (χ2n) is 7.61. The van der Waals surface area contributed by atoms with Gasteiger partial charge in [-0.15, -0.1) is 0 Å². The molecule has 1 saturated heterocycles. The number of nitrogens with zero attached hydrogens (tertiary/aromatic N) is 1. The smallest absolute Gasteiger partial charge is 0.326 e. The Bertz CT molecular complexity index is 839. The number of aliphatic carboxylic acids is 1. The number of carboxylic acids is 1. The maximum Gasteiger partial charge on any atom is 0.326 e. The summed E-state index contributed by atoms with van der Waals surface area (Å²) in [7, 11) is 1.58. The normalized spacial score (nSPS) is 17.2. The number of ether oxygens (including phenoxy) is 2. The van der Waals surface area contributed by atoms with E-state index in [2.05, 4.69) is 13.8 Å². The van der Waals surface area contributed by atoms with E-state index >= 15 is 0 Å². The number of rotatable bonds is 12. The molecule has 1 fully saturated rings. The highest BCUT2D eigenvalue weighted by molar-refractivity contribution is 8.26. The summed E-state index contributed by atoms with van der Waals surface area (Å²) in [4.78, 5) is 25.4. The molecule has 0 aliphatic carbocycles. The zero-order valence-electron chi connectivity index (χ0n) is 18.6. The Morgan fingerprint density at radius 1 is 1.23 bits per heavy atom. The van der Waals surface area contributed by atoms with Gasteiger partial charge in [0, 0.05) is 0 Å². The monoisotopic (exact) mass is 465 g/mol. The van der Waals surface area contributed by atoms with Crippen molar-refractivity contribution in [2.75, 3.05) is 7.11 Å². The maximum absolute atomic E-state index is 12.6. The van der Waals surface area contributed by atoms with Crippen LogP contribution in [0.3, 0.4) is 0 Å². The molecule has 0 bridgehead atoms. The highest BCUT2D eigenvalue weighted by Gasteiger charge is 2.38. The van der Waals surface area contributed by atoms with Crippen LogP contribution in [-0.4, -0.2) is 45.5 Å². The van der Waals surface area contributed by atoms with Crippen molar-refractivity contribution in [3.63, 3.8) is 0 Å². The van der Waals surface area contributed by atoms with Crippen LogP contribution in [0.1, 0.15) is 64.9 Å². The molecule has 0 radical (unpaired) electrons. The van der Waals surface area contributed by atoms with E-state index in [9.17, 15) is 14.7 Å². The predicted molar refractivity (Wildman–Crippen MR) is 129 cm³/mol. The van der Waals surface area contributed by atoms with Crippen LogP contribution in [0.15, 0.2) is 23.1 Å². The van der Waals surface area contributed by atoms with Crippen molar-refractivity contribution in [2.24, 2.45) is 0 Å². The number of thioether (sulfide) groups is 1. The Balaban J connectivity index is 2.07. The summed E-state index contributed by atoms with van der Waals surface area (Å²) in [5, 5.41) is 9.20. The topological polar surface area (TPSA) is 76.1 Å². The van der Waals surface area contributed by atoms with Crippen molar-refractivity contribution >= 4 is 46.3 Å². The predicted octanol–water partition coefficient (Wildman–Crippen LogP) is 5.50. The molecule has 170 valence electrons. The van der Waals surface area contributed by atoms with E-state index in [1.165, 1.54) is 32.6 Å². The van der Waals surface area contributed by atoms with Crippen LogP contribution < -0.4 is 9.47 Å². The van der Waals surface area contributed by atoms with Crippen molar-refractivity contribution in [1.29, 1.82) is 0 Å². The summed E-state index contributed by atoms with van der Waals surface area (Å²) in [6.07, 6.45) is 8.88. The summed E-state index contributed by atoms with van der Waals surface area (Å²) < 4.78 is 11.8. The van der Waals surface area contributed by atoms with Gasteiger partial charge in [0.2, 0.25) is 0 Å². The lowest BCUT2D eigenvalue weighted by Gasteiger charge is -2.18. The second-order valence-corrected chi connectivity index (χ2v) is 9.28. The first kappa shape index (κ1) is 25.2. The molecular formula is C23H31NO5S2. The number of benzene rings is 1. The first-order valence-corrected chi connectivity index (χ1v) is 11.9. The number of carboxylic acid groups (broad SMARTS) is 1. The highest BCUT2D eigenvalue weighted by atomic mass is 32.2. The lowest BCUT2D eigenvalue weighted by atomic mass is 10.1. The molecule has 0 spiro atoms. The van der Waals surface area contributed by atoms with Gasteiger partial charge in [-0.05, 0) is 50.5 Å². The Morgan fingerprint density at radius 3 is 2.58 bits per heavy atom. The summed E-state index contributed by atoms with van der Waals surface area (Å²) >= 11 is 6.30. The van der Waals surface area contributed by atoms with E-state index in [4.69, 9.17) is 21.7 Å². The fourth-order valence-corrected chi connectivity index (χ4v) is 4.68. The van der Waals surface area contributed by atoms with Crippen LogP contribution in [0.25, 0.3) is 6.08 Å². The van der Waals surface area contributed by atoms with Crippen molar-refractivity contribution in [1.82, 2.24) is 4.90 Å². The molecule has 1 N–H and O–H groups in total. The lowest BCUT2D eigenvalue weighted by molar-refractivity contribution is -0.144. The van der Waals surface area contributed by atoms with E-state index in [0.717, 1.165) is 35.1 Å². The first-order chi connectivity index (χ1) is 14.8. The molecule has 0 unspecified atom stereocenters. The number of methoxy groups -OCH3 is 1. The highest BCUT2D eigenvalue weighted by Crippen LogP contribution is 2.36. The lowest BCUT2D eigenvalue weighted by Crippen LogP contribution is -2.41. The fourth-order valence-electron chi connectivity index (χ4n) is 3.26. The Kier molecular flexibility index (Phi) is 9.84. The molecule has 1 aromatic carbocycles. The van der Waals surface area contributed by atoms with Crippen molar-refractivity contribution < 1.29 is 24.2 Å². The molecule has 31 heavy (non-hydrogen) atoms. The standard InChI is InChI=1S/C23H31NO5S2/c1-5-6-7-8-9-10-15(2)29-18-12-11-17(13-19(18)28-4)14-20-21(25)24(23(30)31-20)16(3)22(26)27/h11-16H,5-10H2,1-4H3,(H,26,27)/b20-14+/t15-,16-/m0/s1. The molecule has 1 aliphatic rings. The third kappa shape index (κ3) is 6.97. The summed E-state index contributed by atoms with van der Waals surface area (Å²) in [5.41, 5.74) is 0.750. The van der Waals surface area contributed by atoms with Gasteiger partial charge in [-0.1, -0.05) is 62.7 Å². The number of unbranched alkanes of at least 4 members (excludes halogenated alkanes) is 4. The van der Waals surface area contributed by atoms with Crippen LogP contribution >= 0.6 is 24.0 Å². The SMILES string of the molecule is CCCCCCC[C@H](C)Oc1ccc(/C=C2/SC(=S)N([C@@H](C)C(=O)O)C2=O)cc1OC. The minimum absolute atomic E-state index is 0.0788. The minimum atomic E-state index is -1.10. The molecule has 1 aliphatic heterocycles. The molecule has 1 amide bonds. The number of carbonyl (C=O) groups excluding carboxylic acids is 1. The van der Waals surface area contributed by atoms with Crippen LogP contribution in [0, 0.1) is 0 Å². The van der Waals surface area contributed by atoms with Gasteiger partial charge in [0.15, 0.2) is 11.5 Å². The van der Waals surface area contributed by atoms with E-state index in [0.29, 0.717) is 16.4 Å². The van der Waals surface area contributed by atoms with Gasteiger partial charge in [-0.3, -0.25) is 9.69 Å². The Hall–Kier alpha value is -2.06. The molecule has 8 heteroatoms. The summed E-state index contributed by atoms with van der Waals surface area (Å²) in [6.45, 7) is 5.71. The summed E-state index contributed by atoms with van der Waals surface area (Å²) in [6, 6.07) is 4.47. The molecule has 0 saturated carbocycles. The first-order valence-electron chi connectivity index (χ1n) is 10.6. The Labute approximate surface area is 194 Å². The van der Waals surface area contributed by atoms with E-state index in [1.54, 1.807) is 19.3 Å². The van der Waals surface area contributed by atoms with Crippen molar-refractivity contribution in [2.45, 2.75) is 71.4 Å². The average molecular weight is 466 g/mol. The van der Waals surface area contributed by atoms with Gasteiger partial charge in [0.05, 0.1) is 18.1 Å². The number of thiocarbonyl (C=S) groups is 1. The number of hydrogen-bond donors (Lipinski definition) is 1. The molecular weight excluding hydrogens is 434 g/mol. The van der Waals surface area contributed by atoms with E-state index in [-0.39, 0.29) is 10.4 Å². The number of carbonyl (C=O) groups is 2. The van der Waals surface area contributed by atoms with Crippen LogP contribution in [-0.2, 0) is 9.59 Å². The second kappa shape index (κ2) is 12.1. The van der Waals surface area contributed by atoms with Crippen molar-refractivity contribution in [3.05, 3.63) is 28.7 Å². The average Bonchev–Trinajstić information content (AvgIpc) is 3.01. The van der Waals surface area contributed by atoms with Gasteiger partial charge in [0.25, 0.3) is 5.91 Å². The molecule has 0 aromatic heterocycles. The van der Waals surface area contributed by atoms with Gasteiger partial charge >= 0.3 is 5.97 Å². The van der Waals surface area contributed by atoms with Gasteiger partial charge in [-0.25, -0.2) is 4.79 Å². The molecule has 1 aromatic rings. The third-order valence-electron chi connectivity index (χ3n) is 5.10. The van der Waals surface area contributed by atoms with E-state index in [1.807, 2.05) is 12.1 Å². The molecule has 6 nitrogen and oxygen atoms in total. The maximum atomic E-state index is 12.6. The molecule has 1 heterocycles. The Morgan fingerprint density at radius 2 is 1.94 bits per heavy atom. The number of amides is 1. The largest absolute Gasteiger partial charge is 0.493 e. The van der Waals surface area contributed by atoms with Crippen molar-refractivity contribution in [3.8, 4) is 11.5 Å². The third-order valence-corrected chi connectivity index (χ3v) is 6.43. The quantitative estimate of drug-likeness (QED) is 0.248. The van der Waals surface area contributed by atoms with Gasteiger partial charge < -0.3 is 14.6 Å². The number of hydrogen-bond acceptors (Lipinski definition) is 6. The molecule has 2 atom stereocenters. The van der Waals surface area contributed by atoms with Gasteiger partial charge in [-0.2, -0.15) is 0 Å². The van der Waals surface area contributed by atoms with Gasteiger partial charge in [0.1, 0.15) is 10.4 Å². The van der Waals surface area contributed by atoms with E-state index < -0.39 is 17.9 Å². The molecule has 2 rings (SSSR count).